The summed E-state index contributed by atoms with van der Waals surface area (Å²) >= 11 is 12.3. The molecule has 2 aliphatic heterocycles. The predicted molar refractivity (Wildman–Crippen MR) is 122 cm³/mol. The first-order valence-corrected chi connectivity index (χ1v) is 11.2. The molecule has 5 atom stereocenters. The predicted octanol–water partition coefficient (Wildman–Crippen LogP) is 4.04. The summed E-state index contributed by atoms with van der Waals surface area (Å²) in [5.74, 6) is -0.330. The van der Waals surface area contributed by atoms with E-state index in [0.29, 0.717) is 27.1 Å². The Morgan fingerprint density at radius 3 is 2.64 bits per heavy atom. The number of benzene rings is 1. The van der Waals surface area contributed by atoms with Crippen molar-refractivity contribution >= 4 is 40.1 Å². The molecule has 0 amide bonds. The SMILES string of the molecule is CONc1ncnc2c1ccn2[C@@H]1O[C@H](C(C)(O)c2ccc(Cl)c(Cl)c2)[C@H]2OC(C)(C)O[C@H]21. The molecule has 2 saturated heterocycles. The Hall–Kier alpha value is -1.98. The molecule has 33 heavy (non-hydrogen) atoms. The van der Waals surface area contributed by atoms with E-state index in [4.69, 9.17) is 42.3 Å². The van der Waals surface area contributed by atoms with Crippen molar-refractivity contribution in [2.75, 3.05) is 12.6 Å². The summed E-state index contributed by atoms with van der Waals surface area (Å²) in [7, 11) is 1.51. The Morgan fingerprint density at radius 2 is 1.91 bits per heavy atom. The van der Waals surface area contributed by atoms with Crippen LogP contribution in [0.25, 0.3) is 11.0 Å². The number of ether oxygens (including phenoxy) is 3. The highest BCUT2D eigenvalue weighted by atomic mass is 35.5. The molecule has 3 aromatic rings. The largest absolute Gasteiger partial charge is 0.383 e. The fraction of sp³-hybridized carbons (Fsp3) is 0.455. The van der Waals surface area contributed by atoms with Crippen molar-refractivity contribution in [3.63, 3.8) is 0 Å². The van der Waals surface area contributed by atoms with Gasteiger partial charge in [-0.25, -0.2) is 15.4 Å². The lowest BCUT2D eigenvalue weighted by Crippen LogP contribution is -2.45. The van der Waals surface area contributed by atoms with Crippen molar-refractivity contribution in [1.82, 2.24) is 14.5 Å². The van der Waals surface area contributed by atoms with Crippen LogP contribution < -0.4 is 5.48 Å². The Kier molecular flexibility index (Phi) is 5.56. The van der Waals surface area contributed by atoms with Gasteiger partial charge in [-0.2, -0.15) is 0 Å². The molecule has 0 radical (unpaired) electrons. The second kappa shape index (κ2) is 8.06. The quantitative estimate of drug-likeness (QED) is 0.512. The molecule has 4 heterocycles. The number of hydrogen-bond donors (Lipinski definition) is 2. The molecule has 0 aliphatic carbocycles. The number of aromatic nitrogens is 3. The zero-order valence-electron chi connectivity index (χ0n) is 18.5. The van der Waals surface area contributed by atoms with E-state index in [0.717, 1.165) is 5.39 Å². The Bertz CT molecular complexity index is 1200. The summed E-state index contributed by atoms with van der Waals surface area (Å²) in [6.07, 6.45) is 0.855. The van der Waals surface area contributed by atoms with Crippen molar-refractivity contribution in [3.8, 4) is 0 Å². The highest BCUT2D eigenvalue weighted by Gasteiger charge is 2.60. The Balaban J connectivity index is 1.56. The second-order valence-corrected chi connectivity index (χ2v) is 9.59. The van der Waals surface area contributed by atoms with E-state index < -0.39 is 35.9 Å². The standard InChI is InChI=1S/C22H24Cl2N4O5/c1-21(2)32-15-16(33-21)20(28-8-7-12-18(27-30-4)25-10-26-19(12)28)31-17(15)22(3,29)11-5-6-13(23)14(24)9-11/h5-10,15-17,20,29H,1-4H3,(H,25,26,27)/t15-,16+,17-,20+,22?/m0/s1. The van der Waals surface area contributed by atoms with Gasteiger partial charge in [0.1, 0.15) is 35.9 Å². The van der Waals surface area contributed by atoms with Gasteiger partial charge >= 0.3 is 0 Å². The van der Waals surface area contributed by atoms with Crippen molar-refractivity contribution < 1.29 is 24.2 Å². The summed E-state index contributed by atoms with van der Waals surface area (Å²) in [5, 5.41) is 13.1. The van der Waals surface area contributed by atoms with E-state index in [2.05, 4.69) is 15.4 Å². The fourth-order valence-electron chi connectivity index (χ4n) is 4.58. The van der Waals surface area contributed by atoms with Crippen LogP contribution in [0.15, 0.2) is 36.8 Å². The van der Waals surface area contributed by atoms with E-state index in [9.17, 15) is 5.11 Å². The zero-order valence-corrected chi connectivity index (χ0v) is 20.0. The van der Waals surface area contributed by atoms with Gasteiger partial charge in [0.25, 0.3) is 0 Å². The van der Waals surface area contributed by atoms with Crippen molar-refractivity contribution in [1.29, 1.82) is 0 Å². The molecule has 0 bridgehead atoms. The lowest BCUT2D eigenvalue weighted by Gasteiger charge is -2.34. The van der Waals surface area contributed by atoms with Crippen LogP contribution in [0.4, 0.5) is 5.82 Å². The third kappa shape index (κ3) is 3.77. The average molecular weight is 495 g/mol. The maximum absolute atomic E-state index is 11.6. The van der Waals surface area contributed by atoms with Gasteiger partial charge in [-0.05, 0) is 44.5 Å². The highest BCUT2D eigenvalue weighted by molar-refractivity contribution is 6.42. The van der Waals surface area contributed by atoms with E-state index in [1.165, 1.54) is 13.4 Å². The first-order valence-electron chi connectivity index (χ1n) is 10.4. The van der Waals surface area contributed by atoms with Crippen LogP contribution in [0.3, 0.4) is 0 Å². The lowest BCUT2D eigenvalue weighted by atomic mass is 9.87. The molecule has 2 aromatic heterocycles. The second-order valence-electron chi connectivity index (χ2n) is 8.78. The number of aliphatic hydroxyl groups is 1. The smallest absolute Gasteiger partial charge is 0.164 e. The highest BCUT2D eigenvalue weighted by Crippen LogP contribution is 2.49. The topological polar surface area (TPSA) is 99.9 Å². The minimum absolute atomic E-state index is 0.343. The van der Waals surface area contributed by atoms with Gasteiger partial charge < -0.3 is 23.9 Å². The van der Waals surface area contributed by atoms with Gasteiger partial charge in [0.05, 0.1) is 22.5 Å². The number of halogens is 2. The van der Waals surface area contributed by atoms with Crippen LogP contribution in [0.5, 0.6) is 0 Å². The molecule has 0 saturated carbocycles. The normalized spacial score (nSPS) is 28.1. The van der Waals surface area contributed by atoms with Crippen molar-refractivity contribution in [2.45, 2.75) is 56.7 Å². The number of nitrogens with zero attached hydrogens (tertiary/aromatic N) is 3. The van der Waals surface area contributed by atoms with Gasteiger partial charge in [-0.3, -0.25) is 4.84 Å². The molecular weight excluding hydrogens is 471 g/mol. The summed E-state index contributed by atoms with van der Waals surface area (Å²) in [6.45, 7) is 5.34. The molecule has 9 nitrogen and oxygen atoms in total. The summed E-state index contributed by atoms with van der Waals surface area (Å²) in [5.41, 5.74) is 2.48. The van der Waals surface area contributed by atoms with Gasteiger partial charge in [0.15, 0.2) is 17.8 Å². The van der Waals surface area contributed by atoms with Gasteiger partial charge in [0.2, 0.25) is 0 Å². The first kappa shape index (κ1) is 22.8. The van der Waals surface area contributed by atoms with Crippen molar-refractivity contribution in [2.24, 2.45) is 0 Å². The maximum atomic E-state index is 11.6. The minimum atomic E-state index is -1.45. The molecular formula is C22H24Cl2N4O5. The number of rotatable bonds is 5. The Morgan fingerprint density at radius 1 is 1.15 bits per heavy atom. The third-order valence-corrected chi connectivity index (χ3v) is 6.81. The first-order chi connectivity index (χ1) is 15.6. The number of hydrogen-bond acceptors (Lipinski definition) is 8. The van der Waals surface area contributed by atoms with Crippen LogP contribution in [-0.2, 0) is 24.6 Å². The molecule has 176 valence electrons. The number of nitrogens with one attached hydrogen (secondary N) is 1. The Labute approximate surface area is 200 Å². The van der Waals surface area contributed by atoms with E-state index in [-0.39, 0.29) is 0 Å². The molecule has 0 spiro atoms. The van der Waals surface area contributed by atoms with Gasteiger partial charge in [-0.1, -0.05) is 29.3 Å². The summed E-state index contributed by atoms with van der Waals surface area (Å²) < 4.78 is 20.7. The van der Waals surface area contributed by atoms with Crippen LogP contribution in [0.2, 0.25) is 10.0 Å². The van der Waals surface area contributed by atoms with Crippen molar-refractivity contribution in [3.05, 3.63) is 52.4 Å². The van der Waals surface area contributed by atoms with Crippen LogP contribution in [-0.4, -0.2) is 50.9 Å². The molecule has 2 fully saturated rings. The van der Waals surface area contributed by atoms with Crippen LogP contribution >= 0.6 is 23.2 Å². The minimum Gasteiger partial charge on any atom is -0.383 e. The fourth-order valence-corrected chi connectivity index (χ4v) is 4.88. The zero-order chi connectivity index (χ0) is 23.5. The van der Waals surface area contributed by atoms with Gasteiger partial charge in [0, 0.05) is 6.20 Å². The molecule has 1 unspecified atom stereocenters. The van der Waals surface area contributed by atoms with Gasteiger partial charge in [-0.15, -0.1) is 0 Å². The van der Waals surface area contributed by atoms with E-state index in [1.807, 2.05) is 30.7 Å². The average Bonchev–Trinajstić information content (AvgIpc) is 3.41. The molecule has 1 aromatic carbocycles. The monoisotopic (exact) mass is 494 g/mol. The molecule has 11 heteroatoms. The van der Waals surface area contributed by atoms with Crippen LogP contribution in [0.1, 0.15) is 32.6 Å². The lowest BCUT2D eigenvalue weighted by molar-refractivity contribution is -0.221. The maximum Gasteiger partial charge on any atom is 0.164 e. The van der Waals surface area contributed by atoms with E-state index in [1.54, 1.807) is 25.1 Å². The molecule has 5 rings (SSSR count). The summed E-state index contributed by atoms with van der Waals surface area (Å²) in [6, 6.07) is 6.87. The summed E-state index contributed by atoms with van der Waals surface area (Å²) in [4.78, 5) is 13.7. The molecule has 2 N–H and O–H groups in total. The third-order valence-electron chi connectivity index (χ3n) is 6.07. The number of anilines is 1. The molecule has 2 aliphatic rings. The number of fused-ring (bicyclic) bond motifs is 2. The van der Waals surface area contributed by atoms with E-state index >= 15 is 0 Å². The van der Waals surface area contributed by atoms with Crippen LogP contribution in [0, 0.1) is 0 Å².